The van der Waals surface area contributed by atoms with E-state index in [1.54, 1.807) is 12.1 Å². The Morgan fingerprint density at radius 1 is 1.25 bits per heavy atom. The molecule has 3 nitrogen and oxygen atoms in total. The van der Waals surface area contributed by atoms with Crippen LogP contribution >= 0.6 is 23.8 Å². The first-order valence-electron chi connectivity index (χ1n) is 6.57. The predicted molar refractivity (Wildman–Crippen MR) is 92.6 cm³/mol. The van der Waals surface area contributed by atoms with Crippen LogP contribution in [0.4, 0.5) is 18.9 Å². The highest BCUT2D eigenvalue weighted by Crippen LogP contribution is 2.30. The van der Waals surface area contributed by atoms with Gasteiger partial charge in [-0.05, 0) is 42.5 Å². The van der Waals surface area contributed by atoms with E-state index in [-0.39, 0.29) is 16.0 Å². The van der Waals surface area contributed by atoms with Crippen LogP contribution in [0.15, 0.2) is 54.9 Å². The van der Waals surface area contributed by atoms with Crippen molar-refractivity contribution in [1.29, 1.82) is 0 Å². The summed E-state index contributed by atoms with van der Waals surface area (Å²) in [7, 11) is 0. The summed E-state index contributed by atoms with van der Waals surface area (Å²) in [6.45, 7) is 3.55. The number of nitrogens with zero attached hydrogens (tertiary/aromatic N) is 1. The minimum Gasteiger partial charge on any atom is -0.332 e. The molecule has 124 valence electrons. The van der Waals surface area contributed by atoms with Crippen molar-refractivity contribution in [3.05, 3.63) is 71.2 Å². The van der Waals surface area contributed by atoms with Crippen molar-refractivity contribution >= 4 is 40.3 Å². The molecule has 0 aliphatic heterocycles. The van der Waals surface area contributed by atoms with E-state index in [9.17, 15) is 13.2 Å². The first kappa shape index (κ1) is 18.0. The number of benzene rings is 1. The summed E-state index contributed by atoms with van der Waals surface area (Å²) in [5.41, 5.74) is 3.16. The number of nitrogens with one attached hydrogen (secondary N) is 2. The van der Waals surface area contributed by atoms with E-state index >= 15 is 0 Å². The summed E-state index contributed by atoms with van der Waals surface area (Å²) >= 11 is 10.9. The van der Waals surface area contributed by atoms with Crippen LogP contribution in [-0.2, 0) is 6.18 Å². The number of alkyl halides is 3. The molecule has 8 heteroatoms. The smallest absolute Gasteiger partial charge is 0.332 e. The zero-order valence-corrected chi connectivity index (χ0v) is 13.7. The average molecular weight is 370 g/mol. The molecule has 2 N–H and O–H groups in total. The minimum absolute atomic E-state index is 0.0911. The van der Waals surface area contributed by atoms with Crippen molar-refractivity contribution in [3.8, 4) is 0 Å². The SMILES string of the molecule is C=C=C(NC(=S)Nc1cccc(C(F)(F)F)c1)c1ccnc(Cl)c1. The Kier molecular flexibility index (Phi) is 5.62. The molecule has 0 spiro atoms. The normalized spacial score (nSPS) is 10.7. The molecule has 0 aliphatic rings. The molecular formula is C16H11ClF3N3S. The van der Waals surface area contributed by atoms with Crippen LogP contribution in [0.2, 0.25) is 5.15 Å². The second-order valence-corrected chi connectivity index (χ2v) is 5.37. The van der Waals surface area contributed by atoms with Crippen molar-refractivity contribution in [3.63, 3.8) is 0 Å². The van der Waals surface area contributed by atoms with Gasteiger partial charge in [-0.1, -0.05) is 24.2 Å². The van der Waals surface area contributed by atoms with Gasteiger partial charge in [-0.25, -0.2) is 4.98 Å². The summed E-state index contributed by atoms with van der Waals surface area (Å²) in [4.78, 5) is 3.86. The Labute approximate surface area is 146 Å². The summed E-state index contributed by atoms with van der Waals surface area (Å²) < 4.78 is 38.1. The van der Waals surface area contributed by atoms with Crippen molar-refractivity contribution < 1.29 is 13.2 Å². The van der Waals surface area contributed by atoms with Crippen LogP contribution in [0.25, 0.3) is 5.70 Å². The van der Waals surface area contributed by atoms with Gasteiger partial charge in [-0.15, -0.1) is 5.73 Å². The molecule has 1 heterocycles. The molecule has 2 aromatic rings. The molecule has 2 rings (SSSR count). The molecule has 0 unspecified atom stereocenters. The van der Waals surface area contributed by atoms with E-state index in [1.165, 1.54) is 18.3 Å². The first-order valence-corrected chi connectivity index (χ1v) is 7.35. The van der Waals surface area contributed by atoms with E-state index in [2.05, 4.69) is 27.9 Å². The number of halogens is 4. The first-order chi connectivity index (χ1) is 11.3. The molecule has 0 radical (unpaired) electrons. The number of thiocarbonyl (C=S) groups is 1. The maximum Gasteiger partial charge on any atom is 0.416 e. The van der Waals surface area contributed by atoms with Gasteiger partial charge in [0.05, 0.1) is 11.3 Å². The van der Waals surface area contributed by atoms with Gasteiger partial charge in [0.15, 0.2) is 5.11 Å². The third-order valence-electron chi connectivity index (χ3n) is 2.88. The van der Waals surface area contributed by atoms with Gasteiger partial charge >= 0.3 is 6.18 Å². The van der Waals surface area contributed by atoms with E-state index < -0.39 is 11.7 Å². The number of rotatable bonds is 3. The Bertz CT molecular complexity index is 814. The van der Waals surface area contributed by atoms with Gasteiger partial charge in [0.25, 0.3) is 0 Å². The summed E-state index contributed by atoms with van der Waals surface area (Å²) in [5, 5.41) is 5.87. The standard InChI is InChI=1S/C16H11ClF3N3S/c1-2-13(10-6-7-21-14(17)8-10)23-15(24)22-12-5-3-4-11(9-12)16(18,19)20/h3-9H,1H2,(H2,22,23,24). The average Bonchev–Trinajstić information content (AvgIpc) is 2.52. The van der Waals surface area contributed by atoms with Crippen LogP contribution in [0.3, 0.4) is 0 Å². The monoisotopic (exact) mass is 369 g/mol. The molecule has 1 aromatic heterocycles. The lowest BCUT2D eigenvalue weighted by molar-refractivity contribution is -0.137. The van der Waals surface area contributed by atoms with Gasteiger partial charge in [-0.3, -0.25) is 0 Å². The minimum atomic E-state index is -4.42. The second-order valence-electron chi connectivity index (χ2n) is 4.58. The lowest BCUT2D eigenvalue weighted by Gasteiger charge is -2.14. The summed E-state index contributed by atoms with van der Waals surface area (Å²) in [6.07, 6.45) is -2.92. The maximum absolute atomic E-state index is 12.7. The molecule has 0 bridgehead atoms. The van der Waals surface area contributed by atoms with E-state index in [0.29, 0.717) is 11.3 Å². The third kappa shape index (κ3) is 4.83. The maximum atomic E-state index is 12.7. The van der Waals surface area contributed by atoms with Crippen LogP contribution in [0, 0.1) is 0 Å². The molecule has 0 atom stereocenters. The van der Waals surface area contributed by atoms with Crippen molar-refractivity contribution in [2.45, 2.75) is 6.18 Å². The number of hydrogen-bond donors (Lipinski definition) is 2. The van der Waals surface area contributed by atoms with Crippen molar-refractivity contribution in [2.75, 3.05) is 5.32 Å². The van der Waals surface area contributed by atoms with Gasteiger partial charge in [0, 0.05) is 17.4 Å². The molecular weight excluding hydrogens is 359 g/mol. The molecule has 0 aliphatic carbocycles. The highest BCUT2D eigenvalue weighted by molar-refractivity contribution is 7.80. The number of hydrogen-bond acceptors (Lipinski definition) is 2. The zero-order valence-electron chi connectivity index (χ0n) is 12.1. The fraction of sp³-hybridized carbons (Fsp3) is 0.0625. The Hall–Kier alpha value is -2.34. The number of aromatic nitrogens is 1. The highest BCUT2D eigenvalue weighted by atomic mass is 35.5. The fourth-order valence-corrected chi connectivity index (χ4v) is 2.22. The van der Waals surface area contributed by atoms with Gasteiger partial charge < -0.3 is 10.6 Å². The number of anilines is 1. The highest BCUT2D eigenvalue weighted by Gasteiger charge is 2.30. The Morgan fingerprint density at radius 3 is 2.62 bits per heavy atom. The molecule has 0 amide bonds. The number of pyridine rings is 1. The quantitative estimate of drug-likeness (QED) is 0.460. The molecule has 24 heavy (non-hydrogen) atoms. The topological polar surface area (TPSA) is 37.0 Å². The largest absolute Gasteiger partial charge is 0.416 e. The van der Waals surface area contributed by atoms with E-state index in [4.69, 9.17) is 23.8 Å². The van der Waals surface area contributed by atoms with Crippen LogP contribution in [-0.4, -0.2) is 10.1 Å². The molecule has 0 saturated carbocycles. The second kappa shape index (κ2) is 7.49. The zero-order chi connectivity index (χ0) is 17.7. The molecule has 0 saturated heterocycles. The van der Waals surface area contributed by atoms with Crippen LogP contribution in [0.1, 0.15) is 11.1 Å². The van der Waals surface area contributed by atoms with E-state index in [1.807, 2.05) is 0 Å². The lowest BCUT2D eigenvalue weighted by Crippen LogP contribution is -2.27. The van der Waals surface area contributed by atoms with Gasteiger partial charge in [0.1, 0.15) is 5.15 Å². The van der Waals surface area contributed by atoms with Crippen LogP contribution in [0.5, 0.6) is 0 Å². The van der Waals surface area contributed by atoms with Crippen LogP contribution < -0.4 is 10.6 Å². The molecule has 1 aromatic carbocycles. The molecule has 0 fully saturated rings. The summed E-state index contributed by atoms with van der Waals surface area (Å²) in [5.74, 6) is 0. The van der Waals surface area contributed by atoms with Gasteiger partial charge in [0.2, 0.25) is 0 Å². The lowest BCUT2D eigenvalue weighted by atomic mass is 10.2. The fourth-order valence-electron chi connectivity index (χ4n) is 1.83. The van der Waals surface area contributed by atoms with Crippen molar-refractivity contribution in [1.82, 2.24) is 10.3 Å². The predicted octanol–water partition coefficient (Wildman–Crippen LogP) is 4.87. The third-order valence-corrected chi connectivity index (χ3v) is 3.29. The Morgan fingerprint density at radius 2 is 2.00 bits per heavy atom. The summed E-state index contributed by atoms with van der Waals surface area (Å²) in [6, 6.07) is 7.96. The Balaban J connectivity index is 2.12. The van der Waals surface area contributed by atoms with Crippen molar-refractivity contribution in [2.24, 2.45) is 0 Å². The van der Waals surface area contributed by atoms with E-state index in [0.717, 1.165) is 12.1 Å². The van der Waals surface area contributed by atoms with Gasteiger partial charge in [-0.2, -0.15) is 13.2 Å².